The van der Waals surface area contributed by atoms with Crippen LogP contribution in [0.1, 0.15) is 12.0 Å². The van der Waals surface area contributed by atoms with E-state index in [2.05, 4.69) is 6.19 Å². The van der Waals surface area contributed by atoms with Gasteiger partial charge in [0.05, 0.1) is 14.2 Å². The Morgan fingerprint density at radius 2 is 1.93 bits per heavy atom. The van der Waals surface area contributed by atoms with Gasteiger partial charge in [0.1, 0.15) is 22.2 Å². The van der Waals surface area contributed by atoms with E-state index in [0.29, 0.717) is 30.8 Å². The van der Waals surface area contributed by atoms with Crippen molar-refractivity contribution in [2.75, 3.05) is 27.3 Å². The Morgan fingerprint density at radius 3 is 2.52 bits per heavy atom. The lowest BCUT2D eigenvalue weighted by molar-refractivity contribution is 0.311. The Bertz CT molecular complexity index is 1010. The largest absolute Gasteiger partial charge is 0.497 e. The average Bonchev–Trinajstić information content (AvgIpc) is 3.21. The van der Waals surface area contributed by atoms with Crippen LogP contribution < -0.4 is 9.47 Å². The van der Waals surface area contributed by atoms with Crippen LogP contribution in [0.25, 0.3) is 0 Å². The maximum Gasteiger partial charge on any atom is 0.247 e. The first-order chi connectivity index (χ1) is 13.9. The van der Waals surface area contributed by atoms with Gasteiger partial charge in [0.15, 0.2) is 6.19 Å². The molecule has 29 heavy (non-hydrogen) atoms. The van der Waals surface area contributed by atoms with Crippen molar-refractivity contribution < 1.29 is 22.3 Å². The van der Waals surface area contributed by atoms with E-state index in [4.69, 9.17) is 9.47 Å². The predicted molar refractivity (Wildman–Crippen MR) is 104 cm³/mol. The van der Waals surface area contributed by atoms with Crippen molar-refractivity contribution in [2.45, 2.75) is 23.9 Å². The number of hydrogen-bond donors (Lipinski definition) is 0. The van der Waals surface area contributed by atoms with Crippen molar-refractivity contribution in [3.8, 4) is 17.7 Å². The zero-order valence-electron chi connectivity index (χ0n) is 16.2. The SMILES string of the molecule is COc1ccc(OC)c(S(=O)(=O)N(Cc2ccc(F)cc2)C2CCN(C#N)C2)c1. The Morgan fingerprint density at radius 1 is 1.21 bits per heavy atom. The summed E-state index contributed by atoms with van der Waals surface area (Å²) >= 11 is 0. The zero-order chi connectivity index (χ0) is 21.0. The van der Waals surface area contributed by atoms with Crippen molar-refractivity contribution in [1.29, 1.82) is 5.26 Å². The molecular weight excluding hydrogens is 397 g/mol. The summed E-state index contributed by atoms with van der Waals surface area (Å²) in [4.78, 5) is 1.51. The number of halogens is 1. The van der Waals surface area contributed by atoms with Crippen molar-refractivity contribution >= 4 is 10.0 Å². The minimum atomic E-state index is -4.00. The maximum absolute atomic E-state index is 13.6. The van der Waals surface area contributed by atoms with Gasteiger partial charge in [-0.15, -0.1) is 0 Å². The zero-order valence-corrected chi connectivity index (χ0v) is 17.0. The predicted octanol–water partition coefficient (Wildman–Crippen LogP) is 2.59. The smallest absolute Gasteiger partial charge is 0.247 e. The monoisotopic (exact) mass is 419 g/mol. The van der Waals surface area contributed by atoms with Gasteiger partial charge >= 0.3 is 0 Å². The highest BCUT2D eigenvalue weighted by atomic mass is 32.2. The van der Waals surface area contributed by atoms with Crippen LogP contribution in [0.15, 0.2) is 47.4 Å². The first kappa shape index (κ1) is 20.9. The van der Waals surface area contributed by atoms with Crippen molar-refractivity contribution in [2.24, 2.45) is 0 Å². The van der Waals surface area contributed by atoms with E-state index >= 15 is 0 Å². The lowest BCUT2D eigenvalue weighted by Gasteiger charge is -2.28. The molecule has 1 saturated heterocycles. The molecular formula is C20H22FN3O4S. The van der Waals surface area contributed by atoms with Gasteiger partial charge in [-0.1, -0.05) is 12.1 Å². The molecule has 1 aliphatic heterocycles. The van der Waals surface area contributed by atoms with Gasteiger partial charge < -0.3 is 14.4 Å². The van der Waals surface area contributed by atoms with Crippen molar-refractivity contribution in [1.82, 2.24) is 9.21 Å². The number of methoxy groups -OCH3 is 2. The molecule has 0 aromatic heterocycles. The molecule has 0 amide bonds. The van der Waals surface area contributed by atoms with Crippen LogP contribution in [0.2, 0.25) is 0 Å². The van der Waals surface area contributed by atoms with Gasteiger partial charge in [0.25, 0.3) is 0 Å². The second-order valence-electron chi connectivity index (χ2n) is 6.68. The number of sulfonamides is 1. The van der Waals surface area contributed by atoms with Crippen LogP contribution in [0.4, 0.5) is 4.39 Å². The van der Waals surface area contributed by atoms with Crippen LogP contribution in [-0.2, 0) is 16.6 Å². The van der Waals surface area contributed by atoms with Crippen molar-refractivity contribution in [3.05, 3.63) is 53.8 Å². The summed E-state index contributed by atoms with van der Waals surface area (Å²) in [7, 11) is -1.15. The molecule has 1 atom stereocenters. The Hall–Kier alpha value is -2.83. The molecule has 2 aromatic rings. The van der Waals surface area contributed by atoms with E-state index in [1.807, 2.05) is 0 Å². The van der Waals surface area contributed by atoms with Gasteiger partial charge in [0, 0.05) is 31.7 Å². The van der Waals surface area contributed by atoms with E-state index in [0.717, 1.165) is 0 Å². The maximum atomic E-state index is 13.6. The molecule has 9 heteroatoms. The molecule has 1 aliphatic rings. The number of hydrogen-bond acceptors (Lipinski definition) is 6. The summed E-state index contributed by atoms with van der Waals surface area (Å²) in [5.41, 5.74) is 0.646. The Balaban J connectivity index is 2.04. The third kappa shape index (κ3) is 4.44. The number of benzene rings is 2. The topological polar surface area (TPSA) is 82.9 Å². The van der Waals surface area contributed by atoms with E-state index in [9.17, 15) is 18.1 Å². The van der Waals surface area contributed by atoms with Gasteiger partial charge in [-0.2, -0.15) is 9.57 Å². The first-order valence-electron chi connectivity index (χ1n) is 9.02. The summed E-state index contributed by atoms with van der Waals surface area (Å²) in [5, 5.41) is 9.19. The fraction of sp³-hybridized carbons (Fsp3) is 0.350. The number of nitriles is 1. The fourth-order valence-electron chi connectivity index (χ4n) is 3.36. The fourth-order valence-corrected chi connectivity index (χ4v) is 5.17. The van der Waals surface area contributed by atoms with Gasteiger partial charge in [0.2, 0.25) is 10.0 Å². The molecule has 2 aromatic carbocycles. The van der Waals surface area contributed by atoms with E-state index < -0.39 is 21.9 Å². The molecule has 1 fully saturated rings. The van der Waals surface area contributed by atoms with Crippen LogP contribution in [-0.4, -0.2) is 51.0 Å². The normalized spacial score (nSPS) is 16.7. The summed E-state index contributed by atoms with van der Waals surface area (Å²) in [6, 6.07) is 9.87. The summed E-state index contributed by atoms with van der Waals surface area (Å²) < 4.78 is 52.4. The molecule has 0 radical (unpaired) electrons. The van der Waals surface area contributed by atoms with Crippen molar-refractivity contribution in [3.63, 3.8) is 0 Å². The van der Waals surface area contributed by atoms with Gasteiger partial charge in [-0.3, -0.25) is 0 Å². The molecule has 1 heterocycles. The minimum Gasteiger partial charge on any atom is -0.497 e. The number of likely N-dealkylation sites (tertiary alicyclic amines) is 1. The third-order valence-corrected chi connectivity index (χ3v) is 6.84. The van der Waals surface area contributed by atoms with Crippen LogP contribution in [0, 0.1) is 17.3 Å². The standard InChI is InChI=1S/C20H22FN3O4S/c1-27-18-7-8-19(28-2)20(11-18)29(25,26)24(17-9-10-23(13-17)14-22)12-15-3-5-16(21)6-4-15/h3-8,11,17H,9-10,12-13H2,1-2H3. The molecule has 154 valence electrons. The lowest BCUT2D eigenvalue weighted by atomic mass is 10.2. The van der Waals surface area contributed by atoms with Crippen LogP contribution >= 0.6 is 0 Å². The third-order valence-electron chi connectivity index (χ3n) is 4.92. The number of ether oxygens (including phenoxy) is 2. The highest BCUT2D eigenvalue weighted by Gasteiger charge is 2.37. The van der Waals surface area contributed by atoms with Gasteiger partial charge in [-0.25, -0.2) is 12.8 Å². The van der Waals surface area contributed by atoms with Crippen LogP contribution in [0.5, 0.6) is 11.5 Å². The highest BCUT2D eigenvalue weighted by molar-refractivity contribution is 7.89. The molecule has 0 aliphatic carbocycles. The van der Waals surface area contributed by atoms with E-state index in [-0.39, 0.29) is 17.2 Å². The Labute approximate surface area is 169 Å². The second kappa shape index (κ2) is 8.68. The summed E-state index contributed by atoms with van der Waals surface area (Å²) in [5.74, 6) is 0.190. The number of rotatable bonds is 7. The van der Waals surface area contributed by atoms with E-state index in [1.54, 1.807) is 18.2 Å². The Kier molecular flexibility index (Phi) is 6.25. The quantitative estimate of drug-likeness (QED) is 0.642. The molecule has 7 nitrogen and oxygen atoms in total. The average molecular weight is 419 g/mol. The molecule has 1 unspecified atom stereocenters. The molecule has 0 bridgehead atoms. The lowest BCUT2D eigenvalue weighted by Crippen LogP contribution is -2.41. The highest BCUT2D eigenvalue weighted by Crippen LogP contribution is 2.33. The second-order valence-corrected chi connectivity index (χ2v) is 8.54. The molecule has 0 spiro atoms. The molecule has 3 rings (SSSR count). The molecule has 0 N–H and O–H groups in total. The van der Waals surface area contributed by atoms with E-state index in [1.165, 1.54) is 47.7 Å². The van der Waals surface area contributed by atoms with Crippen LogP contribution in [0.3, 0.4) is 0 Å². The minimum absolute atomic E-state index is 0.0168. The molecule has 0 saturated carbocycles. The summed E-state index contributed by atoms with van der Waals surface area (Å²) in [6.45, 7) is 0.821. The summed E-state index contributed by atoms with van der Waals surface area (Å²) in [6.07, 6.45) is 2.58. The first-order valence-corrected chi connectivity index (χ1v) is 10.5. The number of nitrogens with zero attached hydrogens (tertiary/aromatic N) is 3. The van der Waals surface area contributed by atoms with Gasteiger partial charge in [-0.05, 0) is 36.2 Å².